The maximum atomic E-state index is 12.1. The number of anilines is 1. The van der Waals surface area contributed by atoms with Crippen LogP contribution in [0.1, 0.15) is 21.6 Å². The molecule has 1 aromatic carbocycles. The number of nitrogens with one attached hydrogen (secondary N) is 1. The molecule has 0 aliphatic heterocycles. The number of aromatic nitrogens is 2. The van der Waals surface area contributed by atoms with Crippen molar-refractivity contribution in [3.8, 4) is 0 Å². The lowest BCUT2D eigenvalue weighted by Gasteiger charge is -1.99. The fraction of sp³-hybridized carbons (Fsp3) is 0.133. The molecule has 0 aliphatic carbocycles. The Kier molecular flexibility index (Phi) is 3.20. The van der Waals surface area contributed by atoms with Gasteiger partial charge in [-0.3, -0.25) is 15.1 Å². The van der Waals surface area contributed by atoms with Crippen LogP contribution in [-0.4, -0.2) is 15.9 Å². The number of carbonyl (C=O) groups is 1. The molecule has 1 amide bonds. The Bertz CT molecular complexity index is 741. The molecule has 1 N–H and O–H groups in total. The molecule has 0 atom stereocenters. The molecule has 4 nitrogen and oxygen atoms in total. The van der Waals surface area contributed by atoms with E-state index >= 15 is 0 Å². The Morgan fingerprint density at radius 3 is 2.65 bits per heavy atom. The number of hydrogen-bond donors (Lipinski definition) is 1. The normalized spacial score (nSPS) is 10.7. The van der Waals surface area contributed by atoms with Crippen molar-refractivity contribution in [2.24, 2.45) is 0 Å². The quantitative estimate of drug-likeness (QED) is 0.782. The van der Waals surface area contributed by atoms with Crippen molar-refractivity contribution in [3.05, 3.63) is 53.3 Å². The number of thiazole rings is 1. The summed E-state index contributed by atoms with van der Waals surface area (Å²) in [7, 11) is 0. The van der Waals surface area contributed by atoms with Crippen molar-refractivity contribution in [1.29, 1.82) is 0 Å². The number of hydrogen-bond acceptors (Lipinski definition) is 4. The first-order valence-corrected chi connectivity index (χ1v) is 7.06. The van der Waals surface area contributed by atoms with Gasteiger partial charge in [0, 0.05) is 6.20 Å². The van der Waals surface area contributed by atoms with E-state index in [1.807, 2.05) is 19.9 Å². The number of fused-ring (bicyclic) bond motifs is 1. The molecule has 0 saturated heterocycles. The van der Waals surface area contributed by atoms with E-state index < -0.39 is 0 Å². The van der Waals surface area contributed by atoms with Crippen LogP contribution in [-0.2, 0) is 0 Å². The summed E-state index contributed by atoms with van der Waals surface area (Å²) in [5.41, 5.74) is 3.62. The van der Waals surface area contributed by atoms with Crippen molar-refractivity contribution in [2.45, 2.75) is 13.8 Å². The third kappa shape index (κ3) is 2.28. The number of rotatable bonds is 2. The first-order chi connectivity index (χ1) is 9.65. The molecule has 3 rings (SSSR count). The average Bonchev–Trinajstić information content (AvgIpc) is 2.89. The predicted molar refractivity (Wildman–Crippen MR) is 81.3 cm³/mol. The van der Waals surface area contributed by atoms with Crippen molar-refractivity contribution >= 4 is 32.6 Å². The standard InChI is InChI=1S/C15H13N3OS/c1-9-6-7-10(2)13-12(9)17-15(20-13)18-14(19)11-5-3-4-8-16-11/h3-8H,1-2H3,(H,17,18,19). The van der Waals surface area contributed by atoms with Gasteiger partial charge in [-0.25, -0.2) is 4.98 Å². The van der Waals surface area contributed by atoms with Crippen molar-refractivity contribution in [2.75, 3.05) is 5.32 Å². The van der Waals surface area contributed by atoms with Crippen molar-refractivity contribution < 1.29 is 4.79 Å². The van der Waals surface area contributed by atoms with Crippen LogP contribution in [0, 0.1) is 13.8 Å². The maximum Gasteiger partial charge on any atom is 0.276 e. The second kappa shape index (κ2) is 5.02. The second-order valence-electron chi connectivity index (χ2n) is 4.57. The molecule has 0 radical (unpaired) electrons. The Morgan fingerprint density at radius 1 is 1.15 bits per heavy atom. The molecular weight excluding hydrogens is 270 g/mol. The van der Waals surface area contributed by atoms with Gasteiger partial charge in [-0.2, -0.15) is 0 Å². The van der Waals surface area contributed by atoms with E-state index in [1.54, 1.807) is 24.4 Å². The van der Waals surface area contributed by atoms with Crippen LogP contribution in [0.15, 0.2) is 36.5 Å². The second-order valence-corrected chi connectivity index (χ2v) is 5.56. The zero-order valence-corrected chi connectivity index (χ0v) is 12.0. The fourth-order valence-electron chi connectivity index (χ4n) is 1.97. The number of pyridine rings is 1. The van der Waals surface area contributed by atoms with E-state index in [9.17, 15) is 4.79 Å². The molecule has 100 valence electrons. The summed E-state index contributed by atoms with van der Waals surface area (Å²) in [4.78, 5) is 20.6. The highest BCUT2D eigenvalue weighted by molar-refractivity contribution is 7.22. The molecule has 2 aromatic heterocycles. The molecule has 0 aliphatic rings. The maximum absolute atomic E-state index is 12.1. The van der Waals surface area contributed by atoms with Gasteiger partial charge in [-0.05, 0) is 37.1 Å². The van der Waals surface area contributed by atoms with Gasteiger partial charge in [0.25, 0.3) is 5.91 Å². The first-order valence-electron chi connectivity index (χ1n) is 6.24. The van der Waals surface area contributed by atoms with E-state index in [0.29, 0.717) is 10.8 Å². The summed E-state index contributed by atoms with van der Waals surface area (Å²) in [6.07, 6.45) is 1.60. The van der Waals surface area contributed by atoms with Crippen LogP contribution < -0.4 is 5.32 Å². The molecule has 0 bridgehead atoms. The van der Waals surface area contributed by atoms with Crippen LogP contribution in [0.5, 0.6) is 0 Å². The van der Waals surface area contributed by atoms with E-state index in [1.165, 1.54) is 16.9 Å². The van der Waals surface area contributed by atoms with Gasteiger partial charge < -0.3 is 0 Å². The molecule has 3 aromatic rings. The molecule has 20 heavy (non-hydrogen) atoms. The highest BCUT2D eigenvalue weighted by Crippen LogP contribution is 2.30. The highest BCUT2D eigenvalue weighted by atomic mass is 32.1. The number of carbonyl (C=O) groups excluding carboxylic acids is 1. The number of amides is 1. The third-order valence-electron chi connectivity index (χ3n) is 3.06. The molecule has 0 spiro atoms. The SMILES string of the molecule is Cc1ccc(C)c2sc(NC(=O)c3ccccn3)nc12. The summed E-state index contributed by atoms with van der Waals surface area (Å²) in [6.45, 7) is 4.07. The van der Waals surface area contributed by atoms with Crippen LogP contribution in [0.2, 0.25) is 0 Å². The minimum atomic E-state index is -0.236. The van der Waals surface area contributed by atoms with E-state index in [4.69, 9.17) is 0 Å². The highest BCUT2D eigenvalue weighted by Gasteiger charge is 2.12. The number of aryl methyl sites for hydroxylation is 2. The molecule has 2 heterocycles. The van der Waals surface area contributed by atoms with Crippen molar-refractivity contribution in [3.63, 3.8) is 0 Å². The lowest BCUT2D eigenvalue weighted by atomic mass is 10.1. The molecule has 0 unspecified atom stereocenters. The number of benzene rings is 1. The fourth-order valence-corrected chi connectivity index (χ4v) is 2.98. The summed E-state index contributed by atoms with van der Waals surface area (Å²) in [5, 5.41) is 3.41. The largest absolute Gasteiger partial charge is 0.296 e. The van der Waals surface area contributed by atoms with Gasteiger partial charge in [0.15, 0.2) is 5.13 Å². The molecule has 5 heteroatoms. The third-order valence-corrected chi connectivity index (χ3v) is 4.17. The Morgan fingerprint density at radius 2 is 1.95 bits per heavy atom. The Hall–Kier alpha value is -2.27. The lowest BCUT2D eigenvalue weighted by molar-refractivity contribution is 0.102. The number of nitrogens with zero attached hydrogens (tertiary/aromatic N) is 2. The van der Waals surface area contributed by atoms with Crippen LogP contribution >= 0.6 is 11.3 Å². The van der Waals surface area contributed by atoms with E-state index in [2.05, 4.69) is 21.4 Å². The van der Waals surface area contributed by atoms with E-state index in [-0.39, 0.29) is 5.91 Å². The molecule has 0 saturated carbocycles. The Balaban J connectivity index is 1.94. The average molecular weight is 283 g/mol. The molecule has 0 fully saturated rings. The van der Waals surface area contributed by atoms with Crippen molar-refractivity contribution in [1.82, 2.24) is 9.97 Å². The minimum absolute atomic E-state index is 0.236. The molecular formula is C15H13N3OS. The summed E-state index contributed by atoms with van der Waals surface area (Å²) < 4.78 is 1.11. The van der Waals surface area contributed by atoms with Gasteiger partial charge >= 0.3 is 0 Å². The predicted octanol–water partition coefficient (Wildman–Crippen LogP) is 3.56. The van der Waals surface area contributed by atoms with Gasteiger partial charge in [-0.15, -0.1) is 0 Å². The Labute approximate surface area is 120 Å². The zero-order valence-electron chi connectivity index (χ0n) is 11.2. The van der Waals surface area contributed by atoms with Gasteiger partial charge in [0.1, 0.15) is 5.69 Å². The summed E-state index contributed by atoms with van der Waals surface area (Å²) >= 11 is 1.49. The van der Waals surface area contributed by atoms with Gasteiger partial charge in [0.2, 0.25) is 0 Å². The van der Waals surface area contributed by atoms with Crippen LogP contribution in [0.4, 0.5) is 5.13 Å². The van der Waals surface area contributed by atoms with Gasteiger partial charge in [-0.1, -0.05) is 29.5 Å². The lowest BCUT2D eigenvalue weighted by Crippen LogP contribution is -2.12. The topological polar surface area (TPSA) is 54.9 Å². The summed E-state index contributed by atoms with van der Waals surface area (Å²) in [6, 6.07) is 9.36. The van der Waals surface area contributed by atoms with E-state index in [0.717, 1.165) is 15.8 Å². The van der Waals surface area contributed by atoms with Gasteiger partial charge in [0.05, 0.1) is 10.2 Å². The minimum Gasteiger partial charge on any atom is -0.296 e. The van der Waals surface area contributed by atoms with Crippen LogP contribution in [0.25, 0.3) is 10.2 Å². The van der Waals surface area contributed by atoms with Crippen LogP contribution in [0.3, 0.4) is 0 Å². The summed E-state index contributed by atoms with van der Waals surface area (Å²) in [5.74, 6) is -0.236. The first kappa shape index (κ1) is 12.7. The monoisotopic (exact) mass is 283 g/mol. The zero-order chi connectivity index (χ0) is 14.1. The smallest absolute Gasteiger partial charge is 0.276 e.